The van der Waals surface area contributed by atoms with Gasteiger partial charge in [-0.25, -0.2) is 0 Å². The summed E-state index contributed by atoms with van der Waals surface area (Å²) in [6.45, 7) is 2.97. The van der Waals surface area contributed by atoms with Crippen molar-refractivity contribution < 1.29 is 19.1 Å². The summed E-state index contributed by atoms with van der Waals surface area (Å²) in [7, 11) is 6.16. The third-order valence-electron chi connectivity index (χ3n) is 5.25. The number of carboxylic acids is 1. The zero-order valence-corrected chi connectivity index (χ0v) is 20.0. The molecule has 1 atom stereocenters. The van der Waals surface area contributed by atoms with Crippen LogP contribution in [0.1, 0.15) is 110 Å². The summed E-state index contributed by atoms with van der Waals surface area (Å²) in [6, 6.07) is 0. The van der Waals surface area contributed by atoms with Crippen molar-refractivity contribution in [2.24, 2.45) is 0 Å². The van der Waals surface area contributed by atoms with Crippen molar-refractivity contribution in [1.82, 2.24) is 0 Å². The van der Waals surface area contributed by atoms with Gasteiger partial charge in [-0.2, -0.15) is 0 Å². The van der Waals surface area contributed by atoms with E-state index in [0.717, 1.165) is 6.42 Å². The summed E-state index contributed by atoms with van der Waals surface area (Å²) in [4.78, 5) is 11.0. The van der Waals surface area contributed by atoms with E-state index in [1.54, 1.807) is 6.26 Å². The van der Waals surface area contributed by atoms with E-state index in [1.165, 1.54) is 89.9 Å². The number of carboxylic acid groups (broad SMARTS) is 1. The Morgan fingerprint density at radius 3 is 1.69 bits per heavy atom. The van der Waals surface area contributed by atoms with Crippen molar-refractivity contribution in [3.8, 4) is 0 Å². The number of allylic oxidation sites excluding steroid dienone is 1. The van der Waals surface area contributed by atoms with E-state index in [2.05, 4.69) is 28.1 Å². The highest BCUT2D eigenvalue weighted by Crippen LogP contribution is 2.13. The number of quaternary nitrogens is 1. The first-order valence-corrected chi connectivity index (χ1v) is 12.2. The van der Waals surface area contributed by atoms with E-state index in [0.29, 0.717) is 11.0 Å². The molecule has 172 valence electrons. The molecule has 0 saturated heterocycles. The number of hydrogen-bond donors (Lipinski definition) is 1. The van der Waals surface area contributed by atoms with Crippen molar-refractivity contribution in [2.45, 2.75) is 116 Å². The first kappa shape index (κ1) is 28.0. The van der Waals surface area contributed by atoms with Crippen molar-refractivity contribution in [2.75, 3.05) is 27.7 Å². The molecule has 4 heteroatoms. The van der Waals surface area contributed by atoms with Crippen LogP contribution in [0.4, 0.5) is 0 Å². The van der Waals surface area contributed by atoms with E-state index in [4.69, 9.17) is 9.84 Å². The van der Waals surface area contributed by atoms with E-state index >= 15 is 0 Å². The van der Waals surface area contributed by atoms with Gasteiger partial charge in [0, 0.05) is 0 Å². The molecule has 0 amide bonds. The topological polar surface area (TPSA) is 46.5 Å². The fourth-order valence-corrected chi connectivity index (χ4v) is 3.65. The fraction of sp³-hybridized carbons (Fsp3) is 0.880. The number of ether oxygens (including phenoxy) is 1. The monoisotopic (exact) mass is 412 g/mol. The minimum atomic E-state index is -0.802. The van der Waals surface area contributed by atoms with Crippen molar-refractivity contribution in [1.29, 1.82) is 0 Å². The molecular formula is C25H50NO3+. The highest BCUT2D eigenvalue weighted by molar-refractivity contribution is 5.67. The average Bonchev–Trinajstić information content (AvgIpc) is 2.62. The predicted molar refractivity (Wildman–Crippen MR) is 124 cm³/mol. The van der Waals surface area contributed by atoms with Gasteiger partial charge in [0.2, 0.25) is 0 Å². The van der Waals surface area contributed by atoms with E-state index in [1.807, 2.05) is 6.08 Å². The van der Waals surface area contributed by atoms with Crippen molar-refractivity contribution in [3.05, 3.63) is 12.3 Å². The summed E-state index contributed by atoms with van der Waals surface area (Å²) in [5.41, 5.74) is 0. The number of rotatable bonds is 21. The Balaban J connectivity index is 3.49. The number of carbonyl (C=O) groups is 1. The SMILES string of the molecule is CCCCCCCCCCCCCCCCC=COC(CC(=O)O)C[N+](C)(C)C. The van der Waals surface area contributed by atoms with Crippen LogP contribution >= 0.6 is 0 Å². The van der Waals surface area contributed by atoms with Gasteiger partial charge in [0.25, 0.3) is 0 Å². The lowest BCUT2D eigenvalue weighted by Crippen LogP contribution is -2.42. The summed E-state index contributed by atoms with van der Waals surface area (Å²) in [6.07, 6.45) is 23.8. The van der Waals surface area contributed by atoms with E-state index < -0.39 is 5.97 Å². The molecule has 0 radical (unpaired) electrons. The maximum absolute atomic E-state index is 11.0. The standard InChI is InChI=1S/C25H49NO3/c1-5-6-7-8-9-10-11-12-13-14-15-16-17-18-19-20-21-29-24(22-25(27)28)23-26(2,3)4/h20-21,24H,5-19,22-23H2,1-4H3/p+1. The van der Waals surface area contributed by atoms with Crippen LogP contribution in [0.3, 0.4) is 0 Å². The highest BCUT2D eigenvalue weighted by Gasteiger charge is 2.21. The molecule has 0 spiro atoms. The van der Waals surface area contributed by atoms with Crippen molar-refractivity contribution in [3.63, 3.8) is 0 Å². The molecule has 0 rings (SSSR count). The van der Waals surface area contributed by atoms with Crippen LogP contribution in [0, 0.1) is 0 Å². The van der Waals surface area contributed by atoms with Crippen LogP contribution in [0.5, 0.6) is 0 Å². The van der Waals surface area contributed by atoms with Crippen LogP contribution < -0.4 is 0 Å². The first-order valence-electron chi connectivity index (χ1n) is 12.2. The lowest BCUT2D eigenvalue weighted by Gasteiger charge is -2.28. The van der Waals surface area contributed by atoms with Gasteiger partial charge in [0.1, 0.15) is 6.54 Å². The molecule has 0 aliphatic carbocycles. The zero-order chi connectivity index (χ0) is 21.8. The van der Waals surface area contributed by atoms with Gasteiger partial charge >= 0.3 is 5.97 Å². The second-order valence-electron chi connectivity index (χ2n) is 9.59. The lowest BCUT2D eigenvalue weighted by molar-refractivity contribution is -0.873. The second kappa shape index (κ2) is 19.0. The Labute approximate surface area is 181 Å². The minimum Gasteiger partial charge on any atom is -0.492 e. The number of unbranched alkanes of at least 4 members (excludes halogenated alkanes) is 14. The quantitative estimate of drug-likeness (QED) is 0.126. The summed E-state index contributed by atoms with van der Waals surface area (Å²) >= 11 is 0. The van der Waals surface area contributed by atoms with E-state index in [-0.39, 0.29) is 12.5 Å². The molecule has 1 unspecified atom stereocenters. The van der Waals surface area contributed by atoms with Crippen LogP contribution in [-0.2, 0) is 9.53 Å². The number of hydrogen-bond acceptors (Lipinski definition) is 2. The molecule has 4 nitrogen and oxygen atoms in total. The predicted octanol–water partition coefficient (Wildman–Crippen LogP) is 6.94. The second-order valence-corrected chi connectivity index (χ2v) is 9.59. The molecule has 0 aromatic carbocycles. The van der Waals surface area contributed by atoms with Crippen LogP contribution in [0.2, 0.25) is 0 Å². The largest absolute Gasteiger partial charge is 0.492 e. The van der Waals surface area contributed by atoms with Crippen LogP contribution in [0.25, 0.3) is 0 Å². The number of aliphatic carboxylic acids is 1. The molecular weight excluding hydrogens is 362 g/mol. The molecule has 0 aliphatic heterocycles. The molecule has 29 heavy (non-hydrogen) atoms. The molecule has 0 bridgehead atoms. The normalized spacial score (nSPS) is 13.1. The smallest absolute Gasteiger partial charge is 0.307 e. The van der Waals surface area contributed by atoms with Crippen LogP contribution in [-0.4, -0.2) is 49.4 Å². The molecule has 0 heterocycles. The summed E-state index contributed by atoms with van der Waals surface area (Å²) in [5.74, 6) is -0.802. The fourth-order valence-electron chi connectivity index (χ4n) is 3.65. The van der Waals surface area contributed by atoms with Gasteiger partial charge in [-0.1, -0.05) is 90.4 Å². The maximum atomic E-state index is 11.0. The minimum absolute atomic E-state index is 0.0543. The summed E-state index contributed by atoms with van der Waals surface area (Å²) < 4.78 is 6.37. The Morgan fingerprint density at radius 1 is 0.828 bits per heavy atom. The third kappa shape index (κ3) is 23.1. The van der Waals surface area contributed by atoms with Gasteiger partial charge in [0.15, 0.2) is 6.10 Å². The molecule has 0 aliphatic rings. The summed E-state index contributed by atoms with van der Waals surface area (Å²) in [5, 5.41) is 9.01. The van der Waals surface area contributed by atoms with Gasteiger partial charge in [-0.05, 0) is 18.9 Å². The zero-order valence-electron chi connectivity index (χ0n) is 20.0. The van der Waals surface area contributed by atoms with Crippen molar-refractivity contribution >= 4 is 5.97 Å². The Morgan fingerprint density at radius 2 is 1.28 bits per heavy atom. The number of nitrogens with zero attached hydrogens (tertiary/aromatic N) is 1. The van der Waals surface area contributed by atoms with E-state index in [9.17, 15) is 4.79 Å². The molecule has 1 N–H and O–H groups in total. The molecule has 0 saturated carbocycles. The number of likely N-dealkylation sites (N-methyl/N-ethyl adjacent to an activating group) is 1. The average molecular weight is 413 g/mol. The van der Waals surface area contributed by atoms with Gasteiger partial charge < -0.3 is 14.3 Å². The molecule has 0 aromatic rings. The first-order chi connectivity index (χ1) is 13.8. The van der Waals surface area contributed by atoms with Gasteiger partial charge in [-0.3, -0.25) is 4.79 Å². The Bertz CT molecular complexity index is 401. The molecule has 0 aromatic heterocycles. The maximum Gasteiger partial charge on any atom is 0.307 e. The van der Waals surface area contributed by atoms with Crippen LogP contribution in [0.15, 0.2) is 12.3 Å². The highest BCUT2D eigenvalue weighted by atomic mass is 16.5. The Hall–Kier alpha value is -1.03. The third-order valence-corrected chi connectivity index (χ3v) is 5.25. The Kier molecular flexibility index (Phi) is 18.3. The van der Waals surface area contributed by atoms with Gasteiger partial charge in [0.05, 0.1) is 33.8 Å². The molecule has 0 fully saturated rings. The lowest BCUT2D eigenvalue weighted by atomic mass is 10.0. The van der Waals surface area contributed by atoms with Gasteiger partial charge in [-0.15, -0.1) is 0 Å².